The molecule has 0 fully saturated rings. The van der Waals surface area contributed by atoms with E-state index in [0.29, 0.717) is 11.6 Å². The molecule has 0 bridgehead atoms. The normalized spacial score (nSPS) is 12.4. The Bertz CT molecular complexity index is 541. The number of halogens is 3. The van der Waals surface area contributed by atoms with Gasteiger partial charge in [-0.1, -0.05) is 35.9 Å². The number of nitrogens with two attached hydrogens (primary N) is 1. The largest absolute Gasteiger partial charge is 0.377 e. The summed E-state index contributed by atoms with van der Waals surface area (Å²) in [5.74, 6) is 0. The number of anilines is 1. The lowest BCUT2D eigenvalue weighted by atomic mass is 10.0. The maximum atomic E-state index is 12.5. The quantitative estimate of drug-likeness (QED) is 0.859. The molecule has 0 heterocycles. The van der Waals surface area contributed by atoms with Gasteiger partial charge in [0.25, 0.3) is 6.43 Å². The third-order valence-electron chi connectivity index (χ3n) is 3.01. The standard InChI is InChI=1S/C15H15ClF2N2/c16-12-5-7-13(8-6-12)20-14(9-19)10-1-3-11(4-2-10)15(17)18/h1-8,14-15,20H,9,19H2. The fourth-order valence-corrected chi connectivity index (χ4v) is 2.03. The summed E-state index contributed by atoms with van der Waals surface area (Å²) in [6.45, 7) is 0.358. The zero-order valence-electron chi connectivity index (χ0n) is 10.7. The van der Waals surface area contributed by atoms with E-state index in [1.165, 1.54) is 12.1 Å². The van der Waals surface area contributed by atoms with Crippen LogP contribution in [0.25, 0.3) is 0 Å². The average molecular weight is 297 g/mol. The molecule has 0 saturated heterocycles. The third-order valence-corrected chi connectivity index (χ3v) is 3.26. The second-order valence-corrected chi connectivity index (χ2v) is 4.84. The molecule has 0 spiro atoms. The van der Waals surface area contributed by atoms with E-state index >= 15 is 0 Å². The highest BCUT2D eigenvalue weighted by Gasteiger charge is 2.11. The van der Waals surface area contributed by atoms with E-state index in [0.717, 1.165) is 11.3 Å². The van der Waals surface area contributed by atoms with Gasteiger partial charge in [-0.3, -0.25) is 0 Å². The zero-order chi connectivity index (χ0) is 14.5. The summed E-state index contributed by atoms with van der Waals surface area (Å²) in [6.07, 6.45) is -2.45. The van der Waals surface area contributed by atoms with Gasteiger partial charge >= 0.3 is 0 Å². The van der Waals surface area contributed by atoms with Gasteiger partial charge in [-0.25, -0.2) is 8.78 Å². The monoisotopic (exact) mass is 296 g/mol. The first kappa shape index (κ1) is 14.8. The van der Waals surface area contributed by atoms with E-state index < -0.39 is 6.43 Å². The van der Waals surface area contributed by atoms with E-state index in [4.69, 9.17) is 17.3 Å². The highest BCUT2D eigenvalue weighted by atomic mass is 35.5. The molecule has 0 aliphatic rings. The summed E-state index contributed by atoms with van der Waals surface area (Å²) in [5.41, 5.74) is 7.50. The molecule has 0 aromatic heterocycles. The van der Waals surface area contributed by atoms with Crippen LogP contribution >= 0.6 is 11.6 Å². The fraction of sp³-hybridized carbons (Fsp3) is 0.200. The molecule has 0 aliphatic carbocycles. The molecular weight excluding hydrogens is 282 g/mol. The van der Waals surface area contributed by atoms with Gasteiger partial charge in [0.2, 0.25) is 0 Å². The predicted molar refractivity (Wildman–Crippen MR) is 78.3 cm³/mol. The number of hydrogen-bond acceptors (Lipinski definition) is 2. The van der Waals surface area contributed by atoms with E-state index in [-0.39, 0.29) is 11.6 Å². The van der Waals surface area contributed by atoms with Gasteiger partial charge in [-0.15, -0.1) is 0 Å². The molecule has 20 heavy (non-hydrogen) atoms. The molecule has 2 aromatic rings. The van der Waals surface area contributed by atoms with Gasteiger partial charge in [-0.05, 0) is 29.8 Å². The van der Waals surface area contributed by atoms with Crippen LogP contribution in [0.1, 0.15) is 23.6 Å². The zero-order valence-corrected chi connectivity index (χ0v) is 11.4. The van der Waals surface area contributed by atoms with Crippen LogP contribution in [0, 0.1) is 0 Å². The Morgan fingerprint density at radius 3 is 2.00 bits per heavy atom. The van der Waals surface area contributed by atoms with Gasteiger partial charge in [0, 0.05) is 22.8 Å². The molecule has 0 radical (unpaired) electrons. The Balaban J connectivity index is 2.13. The van der Waals surface area contributed by atoms with Crippen LogP contribution in [0.5, 0.6) is 0 Å². The Morgan fingerprint density at radius 1 is 0.950 bits per heavy atom. The molecule has 0 aliphatic heterocycles. The SMILES string of the molecule is NCC(Nc1ccc(Cl)cc1)c1ccc(C(F)F)cc1. The van der Waals surface area contributed by atoms with Crippen LogP contribution < -0.4 is 11.1 Å². The Kier molecular flexibility index (Phi) is 4.93. The van der Waals surface area contributed by atoms with Crippen LogP contribution in [-0.2, 0) is 0 Å². The maximum absolute atomic E-state index is 12.5. The van der Waals surface area contributed by atoms with E-state index in [1.54, 1.807) is 24.3 Å². The van der Waals surface area contributed by atoms with Gasteiger partial charge in [0.1, 0.15) is 0 Å². The maximum Gasteiger partial charge on any atom is 0.263 e. The average Bonchev–Trinajstić information content (AvgIpc) is 2.47. The topological polar surface area (TPSA) is 38.0 Å². The molecule has 3 N–H and O–H groups in total. The molecule has 5 heteroatoms. The molecule has 0 saturated carbocycles. The molecule has 106 valence electrons. The number of nitrogens with one attached hydrogen (secondary N) is 1. The second-order valence-electron chi connectivity index (χ2n) is 4.41. The van der Waals surface area contributed by atoms with Crippen molar-refractivity contribution < 1.29 is 8.78 Å². The summed E-state index contributed by atoms with van der Waals surface area (Å²) in [5, 5.41) is 3.90. The first-order chi connectivity index (χ1) is 9.60. The van der Waals surface area contributed by atoms with Crippen molar-refractivity contribution >= 4 is 17.3 Å². The predicted octanol–water partition coefficient (Wildman–Crippen LogP) is 4.39. The Labute approximate surface area is 121 Å². The van der Waals surface area contributed by atoms with E-state index in [1.807, 2.05) is 12.1 Å². The number of hydrogen-bond donors (Lipinski definition) is 2. The molecule has 0 amide bonds. The van der Waals surface area contributed by atoms with Gasteiger partial charge < -0.3 is 11.1 Å². The minimum absolute atomic E-state index is 0.0102. The van der Waals surface area contributed by atoms with Crippen molar-refractivity contribution in [2.45, 2.75) is 12.5 Å². The summed E-state index contributed by atoms with van der Waals surface area (Å²) in [4.78, 5) is 0. The van der Waals surface area contributed by atoms with Crippen molar-refractivity contribution in [3.05, 3.63) is 64.7 Å². The highest BCUT2D eigenvalue weighted by Crippen LogP contribution is 2.24. The summed E-state index contributed by atoms with van der Waals surface area (Å²) in [6, 6.07) is 13.3. The first-order valence-corrected chi connectivity index (χ1v) is 6.58. The van der Waals surface area contributed by atoms with Crippen LogP contribution in [-0.4, -0.2) is 6.54 Å². The van der Waals surface area contributed by atoms with Gasteiger partial charge in [0.15, 0.2) is 0 Å². The van der Waals surface area contributed by atoms with Gasteiger partial charge in [0.05, 0.1) is 6.04 Å². The van der Waals surface area contributed by atoms with E-state index in [2.05, 4.69) is 5.32 Å². The van der Waals surface area contributed by atoms with Crippen LogP contribution in [0.3, 0.4) is 0 Å². The molecule has 1 atom stereocenters. The van der Waals surface area contributed by atoms with E-state index in [9.17, 15) is 8.78 Å². The smallest absolute Gasteiger partial charge is 0.263 e. The van der Waals surface area contributed by atoms with Crippen molar-refractivity contribution in [1.29, 1.82) is 0 Å². The summed E-state index contributed by atoms with van der Waals surface area (Å²) >= 11 is 5.82. The van der Waals surface area contributed by atoms with Crippen LogP contribution in [0.4, 0.5) is 14.5 Å². The minimum atomic E-state index is -2.45. The third kappa shape index (κ3) is 3.68. The lowest BCUT2D eigenvalue weighted by Crippen LogP contribution is -2.20. The fourth-order valence-electron chi connectivity index (χ4n) is 1.90. The number of rotatable bonds is 5. The highest BCUT2D eigenvalue weighted by molar-refractivity contribution is 6.30. The summed E-state index contributed by atoms with van der Waals surface area (Å²) in [7, 11) is 0. The molecular formula is C15H15ClF2N2. The first-order valence-electron chi connectivity index (χ1n) is 6.20. The van der Waals surface area contributed by atoms with Crippen molar-refractivity contribution in [3.63, 3.8) is 0 Å². The number of benzene rings is 2. The Morgan fingerprint density at radius 2 is 1.50 bits per heavy atom. The Hall–Kier alpha value is -1.65. The van der Waals surface area contributed by atoms with Crippen LogP contribution in [0.2, 0.25) is 5.02 Å². The van der Waals surface area contributed by atoms with Crippen molar-refractivity contribution in [1.82, 2.24) is 0 Å². The lowest BCUT2D eigenvalue weighted by molar-refractivity contribution is 0.151. The summed E-state index contributed by atoms with van der Waals surface area (Å²) < 4.78 is 25.0. The molecule has 2 nitrogen and oxygen atoms in total. The number of alkyl halides is 2. The minimum Gasteiger partial charge on any atom is -0.377 e. The van der Waals surface area contributed by atoms with Crippen molar-refractivity contribution in [2.24, 2.45) is 5.73 Å². The van der Waals surface area contributed by atoms with Gasteiger partial charge in [-0.2, -0.15) is 0 Å². The molecule has 1 unspecified atom stereocenters. The molecule has 2 rings (SSSR count). The second kappa shape index (κ2) is 6.68. The van der Waals surface area contributed by atoms with Crippen molar-refractivity contribution in [2.75, 3.05) is 11.9 Å². The molecule has 2 aromatic carbocycles. The van der Waals surface area contributed by atoms with Crippen molar-refractivity contribution in [3.8, 4) is 0 Å². The van der Waals surface area contributed by atoms with Crippen LogP contribution in [0.15, 0.2) is 48.5 Å². The lowest BCUT2D eigenvalue weighted by Gasteiger charge is -2.19.